The number of halogens is 2. The van der Waals surface area contributed by atoms with Crippen molar-refractivity contribution in [1.82, 2.24) is 20.5 Å². The topological polar surface area (TPSA) is 180 Å². The lowest BCUT2D eigenvalue weighted by Crippen LogP contribution is -2.39. The minimum Gasteiger partial charge on any atom is -0.494 e. The van der Waals surface area contributed by atoms with Crippen LogP contribution in [-0.2, 0) is 24.6 Å². The van der Waals surface area contributed by atoms with E-state index in [2.05, 4.69) is 31.6 Å². The van der Waals surface area contributed by atoms with E-state index in [-0.39, 0.29) is 33.0 Å². The number of carboxylic acids is 1. The van der Waals surface area contributed by atoms with Crippen LogP contribution in [0.25, 0.3) is 22.2 Å². The van der Waals surface area contributed by atoms with E-state index in [1.54, 1.807) is 24.3 Å². The molecule has 1 heterocycles. The maximum absolute atomic E-state index is 11.5. The van der Waals surface area contributed by atoms with Gasteiger partial charge in [-0.15, -0.1) is 0 Å². The molecule has 0 aliphatic heterocycles. The molecule has 0 spiro atoms. The first-order chi connectivity index (χ1) is 25.3. The third kappa shape index (κ3) is 10.6. The lowest BCUT2D eigenvalue weighted by molar-refractivity contribution is -0.140. The molecule has 52 heavy (non-hydrogen) atoms. The van der Waals surface area contributed by atoms with Crippen LogP contribution < -0.4 is 19.5 Å². The molecule has 0 amide bonds. The number of carbonyl (C=O) groups is 1. The van der Waals surface area contributed by atoms with E-state index >= 15 is 0 Å². The second-order valence-corrected chi connectivity index (χ2v) is 13.0. The zero-order valence-corrected chi connectivity index (χ0v) is 30.6. The Hall–Kier alpha value is -4.28. The number of fused-ring (bicyclic) bond motifs is 1. The lowest BCUT2D eigenvalue weighted by atomic mass is 10.0. The first-order valence-corrected chi connectivity index (χ1v) is 17.8. The van der Waals surface area contributed by atoms with Crippen LogP contribution in [0.4, 0.5) is 0 Å². The zero-order valence-electron chi connectivity index (χ0n) is 28.2. The highest BCUT2D eigenvalue weighted by Gasteiger charge is 2.19. The number of nitrogens with one attached hydrogen (secondary N) is 1. The van der Waals surface area contributed by atoms with E-state index in [9.17, 15) is 25.2 Å². The van der Waals surface area contributed by atoms with Crippen molar-refractivity contribution in [2.75, 3.05) is 46.1 Å². The smallest absolute Gasteiger partial charge is 0.323 e. The van der Waals surface area contributed by atoms with E-state index in [0.29, 0.717) is 59.4 Å². The summed E-state index contributed by atoms with van der Waals surface area (Å²) in [5.41, 5.74) is 5.32. The Morgan fingerprint density at radius 2 is 1.63 bits per heavy atom. The minimum absolute atomic E-state index is 0.0404. The maximum atomic E-state index is 11.5. The number of carboxylic acid groups (broad SMARTS) is 1. The van der Waals surface area contributed by atoms with Crippen molar-refractivity contribution in [3.8, 4) is 28.4 Å². The molecule has 0 radical (unpaired) electrons. The van der Waals surface area contributed by atoms with Crippen LogP contribution in [0.3, 0.4) is 0 Å². The number of aliphatic hydroxyl groups excluding tert-OH is 3. The molecule has 1 atom stereocenters. The number of hydrogen-bond donors (Lipinski definition) is 5. The van der Waals surface area contributed by atoms with Gasteiger partial charge in [0.1, 0.15) is 47.5 Å². The molecule has 276 valence electrons. The second kappa shape index (κ2) is 19.5. The van der Waals surface area contributed by atoms with Crippen molar-refractivity contribution >= 4 is 44.5 Å². The second-order valence-electron chi connectivity index (χ2n) is 11.8. The summed E-state index contributed by atoms with van der Waals surface area (Å²) < 4.78 is 24.1. The Bertz CT molecular complexity index is 1920. The summed E-state index contributed by atoms with van der Waals surface area (Å²) in [6.07, 6.45) is 0.745. The number of aliphatic hydroxyl groups is 3. The average molecular weight is 800 g/mol. The van der Waals surface area contributed by atoms with Crippen molar-refractivity contribution in [3.05, 3.63) is 99.0 Å². The molecule has 5 rings (SSSR count). The predicted molar refractivity (Wildman–Crippen MR) is 198 cm³/mol. The van der Waals surface area contributed by atoms with Gasteiger partial charge in [-0.05, 0) is 79.7 Å². The van der Waals surface area contributed by atoms with E-state index in [0.717, 1.165) is 38.9 Å². The Balaban J connectivity index is 1.29. The number of ether oxygens (including phenoxy) is 3. The van der Waals surface area contributed by atoms with Crippen LogP contribution >= 0.6 is 27.5 Å². The SMILES string of the molecule is O=C(O)[C@@H](CO)NCc1cc(Cl)c(OCc2cccc(-c3cccc(OCCCN(CCO)CCO)c3)c2Br)cc1OCc1ccc2nonc2c1. The molecule has 13 nitrogen and oxygen atoms in total. The van der Waals surface area contributed by atoms with Crippen LogP contribution in [0.1, 0.15) is 23.1 Å². The third-order valence-corrected chi connectivity index (χ3v) is 9.41. The standard InChI is InChI=1S/C37H40BrClN4O9/c38-36-26(5-2-7-29(36)25-4-1-6-28(17-25)49-15-3-10-43(11-13-44)12-14-45)23-51-35-19-34(27(18-30(35)39)20-40-33(21-46)37(47)48)50-22-24-8-9-31-32(16-24)42-52-41-31/h1-2,4-9,16-19,33,40,44-46H,3,10-15,20-23H2,(H,47,48)/t33-/m1/s1. The van der Waals surface area contributed by atoms with Crippen LogP contribution in [0.15, 0.2) is 81.9 Å². The highest BCUT2D eigenvalue weighted by molar-refractivity contribution is 9.10. The Kier molecular flexibility index (Phi) is 14.6. The van der Waals surface area contributed by atoms with Gasteiger partial charge in [0.2, 0.25) is 0 Å². The van der Waals surface area contributed by atoms with Crippen molar-refractivity contribution in [2.45, 2.75) is 32.2 Å². The fourth-order valence-electron chi connectivity index (χ4n) is 5.42. The van der Waals surface area contributed by atoms with Crippen LogP contribution in [-0.4, -0.2) is 93.7 Å². The molecule has 15 heteroatoms. The number of benzene rings is 4. The Morgan fingerprint density at radius 3 is 2.40 bits per heavy atom. The van der Waals surface area contributed by atoms with Crippen molar-refractivity contribution in [3.63, 3.8) is 0 Å². The van der Waals surface area contributed by atoms with Crippen LogP contribution in [0.5, 0.6) is 17.2 Å². The Morgan fingerprint density at radius 1 is 0.865 bits per heavy atom. The molecule has 1 aromatic heterocycles. The fraction of sp³-hybridized carbons (Fsp3) is 0.324. The molecular weight excluding hydrogens is 760 g/mol. The average Bonchev–Trinajstić information content (AvgIpc) is 3.61. The summed E-state index contributed by atoms with van der Waals surface area (Å²) >= 11 is 10.5. The molecule has 0 saturated heterocycles. The third-order valence-electron chi connectivity index (χ3n) is 8.17. The summed E-state index contributed by atoms with van der Waals surface area (Å²) in [5, 5.41) is 48.2. The lowest BCUT2D eigenvalue weighted by Gasteiger charge is -2.20. The van der Waals surface area contributed by atoms with Gasteiger partial charge in [0.05, 0.1) is 31.5 Å². The molecule has 0 bridgehead atoms. The first-order valence-electron chi connectivity index (χ1n) is 16.6. The van der Waals surface area contributed by atoms with Crippen LogP contribution in [0.2, 0.25) is 5.02 Å². The highest BCUT2D eigenvalue weighted by Crippen LogP contribution is 2.37. The molecule has 0 aliphatic rings. The van der Waals surface area contributed by atoms with E-state index in [4.69, 9.17) is 30.4 Å². The van der Waals surface area contributed by atoms with Gasteiger partial charge < -0.3 is 34.6 Å². The predicted octanol–water partition coefficient (Wildman–Crippen LogP) is 5.05. The van der Waals surface area contributed by atoms with Gasteiger partial charge in [0, 0.05) is 47.8 Å². The van der Waals surface area contributed by atoms with Gasteiger partial charge in [-0.25, -0.2) is 4.63 Å². The Labute approximate surface area is 313 Å². The van der Waals surface area contributed by atoms with E-state index in [1.807, 2.05) is 53.4 Å². The van der Waals surface area contributed by atoms with Gasteiger partial charge >= 0.3 is 5.97 Å². The minimum atomic E-state index is -1.19. The maximum Gasteiger partial charge on any atom is 0.323 e. The van der Waals surface area contributed by atoms with E-state index in [1.165, 1.54) is 0 Å². The molecule has 0 aliphatic carbocycles. The summed E-state index contributed by atoms with van der Waals surface area (Å²) in [6, 6.07) is 21.2. The molecule has 5 aromatic rings. The van der Waals surface area contributed by atoms with Crippen LogP contribution in [0, 0.1) is 0 Å². The van der Waals surface area contributed by atoms with Gasteiger partial charge in [0.15, 0.2) is 0 Å². The summed E-state index contributed by atoms with van der Waals surface area (Å²) in [4.78, 5) is 13.5. The molecule has 4 aromatic carbocycles. The zero-order chi connectivity index (χ0) is 36.9. The quantitative estimate of drug-likeness (QED) is 0.0623. The molecule has 0 unspecified atom stereocenters. The monoisotopic (exact) mass is 798 g/mol. The summed E-state index contributed by atoms with van der Waals surface area (Å²) in [6.45, 7) is 2.08. The van der Waals surface area contributed by atoms with Gasteiger partial charge in [-0.1, -0.05) is 48.0 Å². The molecule has 0 fully saturated rings. The highest BCUT2D eigenvalue weighted by atomic mass is 79.9. The number of aromatic nitrogens is 2. The van der Waals surface area contributed by atoms with Crippen molar-refractivity contribution < 1.29 is 44.1 Å². The fourth-order valence-corrected chi connectivity index (χ4v) is 6.27. The largest absolute Gasteiger partial charge is 0.494 e. The number of hydrogen-bond acceptors (Lipinski definition) is 12. The van der Waals surface area contributed by atoms with E-state index < -0.39 is 18.6 Å². The number of rotatable bonds is 21. The normalized spacial score (nSPS) is 12.0. The van der Waals surface area contributed by atoms with Gasteiger partial charge in [-0.2, -0.15) is 0 Å². The molecule has 5 N–H and O–H groups in total. The first kappa shape index (κ1) is 38.9. The van der Waals surface area contributed by atoms with Gasteiger partial charge in [0.25, 0.3) is 0 Å². The molecule has 0 saturated carbocycles. The number of nitrogens with zero attached hydrogens (tertiary/aromatic N) is 3. The van der Waals surface area contributed by atoms with Gasteiger partial charge in [-0.3, -0.25) is 15.0 Å². The molecular formula is C37H40BrClN4O9. The summed E-state index contributed by atoms with van der Waals surface area (Å²) in [7, 11) is 0. The summed E-state index contributed by atoms with van der Waals surface area (Å²) in [5.74, 6) is 0.306. The number of aliphatic carboxylic acids is 1. The van der Waals surface area contributed by atoms with Crippen molar-refractivity contribution in [2.24, 2.45) is 0 Å². The van der Waals surface area contributed by atoms with Crippen molar-refractivity contribution in [1.29, 1.82) is 0 Å².